The molecule has 180 valence electrons. The summed E-state index contributed by atoms with van der Waals surface area (Å²) in [6.07, 6.45) is 7.53. The number of carbonyl (C=O) groups is 1. The van der Waals surface area contributed by atoms with Crippen LogP contribution in [0.4, 0.5) is 0 Å². The number of sulfonamides is 1. The Hall–Kier alpha value is -1.45. The summed E-state index contributed by atoms with van der Waals surface area (Å²) >= 11 is 0. The molecule has 3 aliphatic heterocycles. The topological polar surface area (TPSA) is 87.0 Å². The molecule has 0 N–H and O–H groups in total. The van der Waals surface area contributed by atoms with Crippen molar-refractivity contribution in [2.24, 2.45) is 11.8 Å². The molecule has 0 bridgehead atoms. The van der Waals surface area contributed by atoms with Gasteiger partial charge in [-0.05, 0) is 71.4 Å². The highest BCUT2D eigenvalue weighted by Crippen LogP contribution is 2.32. The van der Waals surface area contributed by atoms with Gasteiger partial charge in [0.1, 0.15) is 10.6 Å². The lowest BCUT2D eigenvalue weighted by Crippen LogP contribution is -2.50. The lowest BCUT2D eigenvalue weighted by Gasteiger charge is -2.41. The van der Waals surface area contributed by atoms with E-state index in [1.165, 1.54) is 36.7 Å². The van der Waals surface area contributed by atoms with Crippen LogP contribution in [-0.2, 0) is 14.8 Å². The third-order valence-electron chi connectivity index (χ3n) is 7.84. The van der Waals surface area contributed by atoms with Crippen molar-refractivity contribution < 1.29 is 17.7 Å². The van der Waals surface area contributed by atoms with E-state index in [0.717, 1.165) is 25.9 Å². The van der Waals surface area contributed by atoms with E-state index >= 15 is 0 Å². The van der Waals surface area contributed by atoms with Crippen molar-refractivity contribution in [3.05, 3.63) is 11.5 Å². The van der Waals surface area contributed by atoms with E-state index in [2.05, 4.69) is 15.0 Å². The second-order valence-corrected chi connectivity index (χ2v) is 11.7. The van der Waals surface area contributed by atoms with Gasteiger partial charge in [-0.2, -0.15) is 4.31 Å². The van der Waals surface area contributed by atoms with E-state index in [9.17, 15) is 13.2 Å². The SMILES string of the molecule is Cc1noc(C)c1S(=O)(=O)N1CCC(C(C)C(=O)N2CCC(N3CCCCC3)CC2)CC1. The molecule has 0 radical (unpaired) electrons. The van der Waals surface area contributed by atoms with Crippen LogP contribution in [0.3, 0.4) is 0 Å². The first-order chi connectivity index (χ1) is 15.3. The van der Waals surface area contributed by atoms with Gasteiger partial charge >= 0.3 is 0 Å². The van der Waals surface area contributed by atoms with Gasteiger partial charge in [0.05, 0.1) is 0 Å². The summed E-state index contributed by atoms with van der Waals surface area (Å²) in [5.41, 5.74) is 0.404. The van der Waals surface area contributed by atoms with Crippen LogP contribution in [0.15, 0.2) is 9.42 Å². The largest absolute Gasteiger partial charge is 0.360 e. The molecule has 1 unspecified atom stereocenters. The first-order valence-electron chi connectivity index (χ1n) is 12.2. The summed E-state index contributed by atoms with van der Waals surface area (Å²) in [5.74, 6) is 0.735. The fraction of sp³-hybridized carbons (Fsp3) is 0.826. The van der Waals surface area contributed by atoms with Crippen molar-refractivity contribution in [2.75, 3.05) is 39.3 Å². The molecule has 3 aliphatic rings. The Morgan fingerprint density at radius 1 is 0.969 bits per heavy atom. The summed E-state index contributed by atoms with van der Waals surface area (Å²) in [4.78, 5) is 18.1. The van der Waals surface area contributed by atoms with E-state index in [1.807, 2.05) is 6.92 Å². The minimum absolute atomic E-state index is 0.0644. The van der Waals surface area contributed by atoms with Crippen molar-refractivity contribution >= 4 is 15.9 Å². The molecule has 32 heavy (non-hydrogen) atoms. The maximum Gasteiger partial charge on any atom is 0.248 e. The molecule has 0 aromatic carbocycles. The number of carbonyl (C=O) groups excluding carboxylic acids is 1. The Balaban J connectivity index is 1.29. The lowest BCUT2D eigenvalue weighted by molar-refractivity contribution is -0.138. The van der Waals surface area contributed by atoms with Gasteiger partial charge in [0.25, 0.3) is 0 Å². The molecule has 1 aromatic rings. The van der Waals surface area contributed by atoms with Crippen LogP contribution in [0.1, 0.15) is 63.3 Å². The molecule has 3 fully saturated rings. The van der Waals surface area contributed by atoms with Crippen LogP contribution >= 0.6 is 0 Å². The zero-order chi connectivity index (χ0) is 22.9. The molecule has 3 saturated heterocycles. The molecular weight excluding hydrogens is 428 g/mol. The zero-order valence-electron chi connectivity index (χ0n) is 19.8. The van der Waals surface area contributed by atoms with Crippen LogP contribution in [0.25, 0.3) is 0 Å². The molecule has 9 heteroatoms. The van der Waals surface area contributed by atoms with E-state index in [0.29, 0.717) is 43.4 Å². The monoisotopic (exact) mass is 466 g/mol. The number of hydrogen-bond acceptors (Lipinski definition) is 6. The van der Waals surface area contributed by atoms with Gasteiger partial charge in [-0.15, -0.1) is 0 Å². The minimum atomic E-state index is -3.61. The van der Waals surface area contributed by atoms with Crippen molar-refractivity contribution in [3.8, 4) is 0 Å². The fourth-order valence-corrected chi connectivity index (χ4v) is 7.57. The van der Waals surface area contributed by atoms with Crippen molar-refractivity contribution in [1.82, 2.24) is 19.3 Å². The lowest BCUT2D eigenvalue weighted by atomic mass is 9.84. The smallest absolute Gasteiger partial charge is 0.248 e. The Kier molecular flexibility index (Phi) is 7.27. The van der Waals surface area contributed by atoms with Gasteiger partial charge in [0.2, 0.25) is 15.9 Å². The highest BCUT2D eigenvalue weighted by molar-refractivity contribution is 7.89. The molecule has 8 nitrogen and oxygen atoms in total. The average molecular weight is 467 g/mol. The van der Waals surface area contributed by atoms with Gasteiger partial charge in [-0.25, -0.2) is 8.42 Å². The summed E-state index contributed by atoms with van der Waals surface area (Å²) in [6.45, 7) is 10.3. The highest BCUT2D eigenvalue weighted by Gasteiger charge is 2.38. The Morgan fingerprint density at radius 3 is 2.16 bits per heavy atom. The zero-order valence-corrected chi connectivity index (χ0v) is 20.6. The molecule has 1 atom stereocenters. The molecule has 0 spiro atoms. The number of likely N-dealkylation sites (tertiary alicyclic amines) is 2. The molecule has 1 amide bonds. The predicted molar refractivity (Wildman–Crippen MR) is 122 cm³/mol. The van der Waals surface area contributed by atoms with Gasteiger partial charge in [0.15, 0.2) is 5.76 Å². The normalized spacial score (nSPS) is 24.0. The quantitative estimate of drug-likeness (QED) is 0.663. The molecule has 1 aromatic heterocycles. The van der Waals surface area contributed by atoms with Crippen LogP contribution in [0.5, 0.6) is 0 Å². The Bertz CT molecular complexity index is 874. The molecule has 0 aliphatic carbocycles. The van der Waals surface area contributed by atoms with Gasteiger partial charge in [0, 0.05) is 38.1 Å². The number of hydrogen-bond donors (Lipinski definition) is 0. The molecule has 4 rings (SSSR count). The van der Waals surface area contributed by atoms with Crippen molar-refractivity contribution in [1.29, 1.82) is 0 Å². The minimum Gasteiger partial charge on any atom is -0.360 e. The van der Waals surface area contributed by atoms with Crippen molar-refractivity contribution in [2.45, 2.75) is 76.7 Å². The number of rotatable bonds is 5. The standard InChI is InChI=1S/C23H38N4O4S/c1-17(23(28)26-13-9-21(10-14-26)25-11-5-4-6-12-25)20-7-15-27(16-8-20)32(29,30)22-18(2)24-31-19(22)3/h17,20-21H,4-16H2,1-3H3. The molecular formula is C23H38N4O4S. The fourth-order valence-electron chi connectivity index (χ4n) is 5.81. The third kappa shape index (κ3) is 4.75. The van der Waals surface area contributed by atoms with E-state index < -0.39 is 10.0 Å². The van der Waals surface area contributed by atoms with Crippen molar-refractivity contribution in [3.63, 3.8) is 0 Å². The van der Waals surface area contributed by atoms with Crippen LogP contribution in [0.2, 0.25) is 0 Å². The van der Waals surface area contributed by atoms with Gasteiger partial charge < -0.3 is 14.3 Å². The molecule has 4 heterocycles. The molecule has 0 saturated carbocycles. The Morgan fingerprint density at radius 2 is 1.59 bits per heavy atom. The van der Waals surface area contributed by atoms with E-state index in [1.54, 1.807) is 13.8 Å². The van der Waals surface area contributed by atoms with Crippen LogP contribution < -0.4 is 0 Å². The number of aryl methyl sites for hydroxylation is 2. The first-order valence-corrected chi connectivity index (χ1v) is 13.7. The third-order valence-corrected chi connectivity index (χ3v) is 9.99. The van der Waals surface area contributed by atoms with Gasteiger partial charge in [-0.3, -0.25) is 4.79 Å². The number of piperidine rings is 3. The number of aromatic nitrogens is 1. The Labute approximate surface area is 192 Å². The summed E-state index contributed by atoms with van der Waals surface area (Å²) in [7, 11) is -3.61. The van der Waals surface area contributed by atoms with Crippen LogP contribution in [0, 0.1) is 25.7 Å². The predicted octanol–water partition coefficient (Wildman–Crippen LogP) is 2.81. The number of nitrogens with zero attached hydrogens (tertiary/aromatic N) is 4. The second-order valence-electron chi connectivity index (χ2n) is 9.84. The second kappa shape index (κ2) is 9.81. The van der Waals surface area contributed by atoms with Gasteiger partial charge in [-0.1, -0.05) is 18.5 Å². The summed E-state index contributed by atoms with van der Waals surface area (Å²) in [6, 6.07) is 0.632. The maximum atomic E-state index is 13.2. The number of amides is 1. The van der Waals surface area contributed by atoms with E-state index in [-0.39, 0.29) is 22.6 Å². The first kappa shape index (κ1) is 23.7. The summed E-state index contributed by atoms with van der Waals surface area (Å²) in [5, 5.41) is 3.80. The summed E-state index contributed by atoms with van der Waals surface area (Å²) < 4.78 is 32.7. The van der Waals surface area contributed by atoms with E-state index in [4.69, 9.17) is 4.52 Å². The highest BCUT2D eigenvalue weighted by atomic mass is 32.2. The average Bonchev–Trinajstić information content (AvgIpc) is 3.17. The maximum absolute atomic E-state index is 13.2. The van der Waals surface area contributed by atoms with Crippen LogP contribution in [-0.4, -0.2) is 78.9 Å².